The Labute approximate surface area is 137 Å². The normalized spacial score (nSPS) is 13.3. The van der Waals surface area contributed by atoms with Gasteiger partial charge in [0.05, 0.1) is 15.5 Å². The van der Waals surface area contributed by atoms with Gasteiger partial charge in [0.15, 0.2) is 0 Å². The second-order valence-electron chi connectivity index (χ2n) is 4.48. The van der Waals surface area contributed by atoms with Crippen molar-refractivity contribution >= 4 is 37.3 Å². The lowest BCUT2D eigenvalue weighted by atomic mass is 10.2. The molecular weight excluding hydrogens is 374 g/mol. The summed E-state index contributed by atoms with van der Waals surface area (Å²) in [6.07, 6.45) is 1.64. The molecule has 0 saturated heterocycles. The lowest BCUT2D eigenvalue weighted by molar-refractivity contribution is 0.564. The van der Waals surface area contributed by atoms with Gasteiger partial charge >= 0.3 is 0 Å². The maximum atomic E-state index is 12.5. The highest BCUT2D eigenvalue weighted by Gasteiger charge is 2.23. The third-order valence-corrected chi connectivity index (χ3v) is 6.60. The Balaban J connectivity index is 2.22. The van der Waals surface area contributed by atoms with Crippen LogP contribution in [0.5, 0.6) is 0 Å². The highest BCUT2D eigenvalue weighted by molar-refractivity contribution is 9.11. The first-order chi connectivity index (χ1) is 9.94. The van der Waals surface area contributed by atoms with Crippen molar-refractivity contribution in [3.8, 4) is 0 Å². The first kappa shape index (κ1) is 16.6. The molecule has 0 spiro atoms. The van der Waals surface area contributed by atoms with Crippen molar-refractivity contribution in [3.63, 3.8) is 0 Å². The zero-order valence-corrected chi connectivity index (χ0v) is 14.8. The van der Waals surface area contributed by atoms with E-state index in [9.17, 15) is 8.42 Å². The molecule has 2 rings (SSSR count). The third-order valence-electron chi connectivity index (χ3n) is 2.81. The summed E-state index contributed by atoms with van der Waals surface area (Å²) in [4.78, 5) is 5.39. The number of halogens is 1. The highest BCUT2D eigenvalue weighted by atomic mass is 79.9. The first-order valence-corrected chi connectivity index (χ1v) is 9.39. The van der Waals surface area contributed by atoms with Crippen LogP contribution in [0.2, 0.25) is 0 Å². The molecule has 1 unspecified atom stereocenters. The average molecular weight is 390 g/mol. The number of pyridine rings is 1. The van der Waals surface area contributed by atoms with Crippen molar-refractivity contribution in [2.75, 3.05) is 7.05 Å². The number of nitrogens with one attached hydrogen (secondary N) is 2. The molecule has 0 fully saturated rings. The van der Waals surface area contributed by atoms with Crippen molar-refractivity contribution in [3.05, 3.63) is 44.8 Å². The molecule has 0 bridgehead atoms. The predicted octanol–water partition coefficient (Wildman–Crippen LogP) is 2.66. The summed E-state index contributed by atoms with van der Waals surface area (Å²) in [5.74, 6) is 0. The van der Waals surface area contributed by atoms with Crippen molar-refractivity contribution in [2.45, 2.75) is 24.4 Å². The van der Waals surface area contributed by atoms with Crippen LogP contribution in [0, 0.1) is 0 Å². The van der Waals surface area contributed by atoms with Gasteiger partial charge in [-0.3, -0.25) is 4.98 Å². The van der Waals surface area contributed by atoms with Gasteiger partial charge in [-0.1, -0.05) is 6.07 Å². The molecule has 0 aliphatic heterocycles. The van der Waals surface area contributed by atoms with Crippen LogP contribution in [0.1, 0.15) is 23.5 Å². The standard InChI is InChI=1S/C13H16BrN3O2S2/c1-9(11-5-3-4-6-16-11)17-21(18,19)12-7-10(8-15-2)20-13(12)14/h3-7,9,15,17H,8H2,1-2H3. The topological polar surface area (TPSA) is 71.1 Å². The number of hydrogen-bond donors (Lipinski definition) is 2. The lowest BCUT2D eigenvalue weighted by Crippen LogP contribution is -2.27. The Morgan fingerprint density at radius 1 is 1.43 bits per heavy atom. The van der Waals surface area contributed by atoms with Crippen molar-refractivity contribution in [1.82, 2.24) is 15.0 Å². The molecule has 0 aromatic carbocycles. The first-order valence-electron chi connectivity index (χ1n) is 6.30. The second kappa shape index (κ2) is 6.97. The number of hydrogen-bond acceptors (Lipinski definition) is 5. The molecule has 2 heterocycles. The summed E-state index contributed by atoms with van der Waals surface area (Å²) in [6.45, 7) is 2.41. The summed E-state index contributed by atoms with van der Waals surface area (Å²) in [5.41, 5.74) is 0.683. The number of sulfonamides is 1. The van der Waals surface area contributed by atoms with E-state index in [1.165, 1.54) is 11.3 Å². The van der Waals surface area contributed by atoms with Gasteiger partial charge in [-0.25, -0.2) is 13.1 Å². The molecule has 0 radical (unpaired) electrons. The molecule has 5 nitrogen and oxygen atoms in total. The van der Waals surface area contributed by atoms with Gasteiger partial charge in [0.2, 0.25) is 10.0 Å². The summed E-state index contributed by atoms with van der Waals surface area (Å²) >= 11 is 4.73. The molecule has 1 atom stereocenters. The largest absolute Gasteiger partial charge is 0.315 e. The van der Waals surface area contributed by atoms with Gasteiger partial charge in [0.1, 0.15) is 4.90 Å². The van der Waals surface area contributed by atoms with Crippen LogP contribution in [0.4, 0.5) is 0 Å². The number of thiophene rings is 1. The molecule has 0 amide bonds. The van der Waals surface area contributed by atoms with Crippen LogP contribution < -0.4 is 10.0 Å². The van der Waals surface area contributed by atoms with Crippen LogP contribution in [0.25, 0.3) is 0 Å². The fourth-order valence-electron chi connectivity index (χ4n) is 1.83. The lowest BCUT2D eigenvalue weighted by Gasteiger charge is -2.13. The van der Waals surface area contributed by atoms with Crippen molar-refractivity contribution in [2.24, 2.45) is 0 Å². The third kappa shape index (κ3) is 4.10. The Kier molecular flexibility index (Phi) is 5.50. The minimum Gasteiger partial charge on any atom is -0.315 e. The Morgan fingerprint density at radius 2 is 2.19 bits per heavy atom. The molecular formula is C13H16BrN3O2S2. The van der Waals surface area contributed by atoms with Gasteiger partial charge in [0, 0.05) is 17.6 Å². The predicted molar refractivity (Wildman–Crippen MR) is 87.8 cm³/mol. The maximum absolute atomic E-state index is 12.5. The minimum absolute atomic E-state index is 0.264. The maximum Gasteiger partial charge on any atom is 0.243 e. The molecule has 0 aliphatic rings. The van der Waals surface area contributed by atoms with Gasteiger partial charge < -0.3 is 5.32 Å². The number of rotatable bonds is 6. The average Bonchev–Trinajstić information content (AvgIpc) is 2.81. The Bertz CT molecular complexity index is 701. The fourth-order valence-corrected chi connectivity index (χ4v) is 5.74. The smallest absolute Gasteiger partial charge is 0.243 e. The highest BCUT2D eigenvalue weighted by Crippen LogP contribution is 2.32. The molecule has 21 heavy (non-hydrogen) atoms. The monoisotopic (exact) mass is 389 g/mol. The van der Waals surface area contributed by atoms with E-state index in [0.717, 1.165) is 4.88 Å². The van der Waals surface area contributed by atoms with Crippen LogP contribution in [0.3, 0.4) is 0 Å². The van der Waals surface area contributed by atoms with Crippen molar-refractivity contribution < 1.29 is 8.42 Å². The van der Waals surface area contributed by atoms with Gasteiger partial charge in [-0.05, 0) is 48.1 Å². The molecule has 2 N–H and O–H groups in total. The van der Waals surface area contributed by atoms with Crippen LogP contribution in [-0.4, -0.2) is 20.4 Å². The molecule has 114 valence electrons. The summed E-state index contributed by atoms with van der Waals surface area (Å²) in [6, 6.07) is 6.71. The van der Waals surface area contributed by atoms with Crippen LogP contribution >= 0.6 is 27.3 Å². The summed E-state index contributed by atoms with van der Waals surface area (Å²) in [7, 11) is -1.77. The van der Waals surface area contributed by atoms with Gasteiger partial charge in [-0.2, -0.15) is 0 Å². The zero-order chi connectivity index (χ0) is 15.5. The van der Waals surface area contributed by atoms with Gasteiger partial charge in [-0.15, -0.1) is 11.3 Å². The van der Waals surface area contributed by atoms with Crippen molar-refractivity contribution in [1.29, 1.82) is 0 Å². The van der Waals surface area contributed by atoms with E-state index in [4.69, 9.17) is 0 Å². The molecule has 0 aliphatic carbocycles. The van der Waals surface area contributed by atoms with E-state index in [2.05, 4.69) is 31.0 Å². The Morgan fingerprint density at radius 3 is 2.81 bits per heavy atom. The Hall–Kier alpha value is -0.800. The molecule has 2 aromatic heterocycles. The molecule has 8 heteroatoms. The summed E-state index contributed by atoms with van der Waals surface area (Å²) in [5, 5.41) is 3.01. The number of aromatic nitrogens is 1. The fraction of sp³-hybridized carbons (Fsp3) is 0.308. The minimum atomic E-state index is -3.59. The van der Waals surface area contributed by atoms with E-state index >= 15 is 0 Å². The van der Waals surface area contributed by atoms with E-state index < -0.39 is 16.1 Å². The van der Waals surface area contributed by atoms with E-state index in [0.29, 0.717) is 16.0 Å². The summed E-state index contributed by atoms with van der Waals surface area (Å²) < 4.78 is 28.2. The second-order valence-corrected chi connectivity index (χ2v) is 8.62. The van der Waals surface area contributed by atoms with E-state index in [-0.39, 0.29) is 4.90 Å². The number of nitrogens with zero attached hydrogens (tertiary/aromatic N) is 1. The van der Waals surface area contributed by atoms with Crippen LogP contribution in [0.15, 0.2) is 39.1 Å². The van der Waals surface area contributed by atoms with E-state index in [1.54, 1.807) is 31.3 Å². The molecule has 2 aromatic rings. The SMILES string of the molecule is CNCc1cc(S(=O)(=O)NC(C)c2ccccn2)c(Br)s1. The van der Waals surface area contributed by atoms with Gasteiger partial charge in [0.25, 0.3) is 0 Å². The zero-order valence-electron chi connectivity index (χ0n) is 11.6. The van der Waals surface area contributed by atoms with E-state index in [1.807, 2.05) is 13.1 Å². The quantitative estimate of drug-likeness (QED) is 0.796. The molecule has 0 saturated carbocycles. The van der Waals surface area contributed by atoms with Crippen LogP contribution in [-0.2, 0) is 16.6 Å².